The van der Waals surface area contributed by atoms with E-state index in [0.29, 0.717) is 18.0 Å². The molecule has 1 aromatic carbocycles. The number of thiophene rings is 1. The van der Waals surface area contributed by atoms with E-state index in [-0.39, 0.29) is 0 Å². The van der Waals surface area contributed by atoms with Gasteiger partial charge in [0.1, 0.15) is 0 Å². The minimum absolute atomic E-state index is 0.342. The van der Waals surface area contributed by atoms with E-state index in [1.165, 1.54) is 10.4 Å². The number of hydrogen-bond acceptors (Lipinski definition) is 2. The molecule has 0 aliphatic carbocycles. The van der Waals surface area contributed by atoms with E-state index in [4.69, 9.17) is 11.6 Å². The van der Waals surface area contributed by atoms with Crippen LogP contribution in [-0.4, -0.2) is 0 Å². The van der Waals surface area contributed by atoms with E-state index < -0.39 is 0 Å². The summed E-state index contributed by atoms with van der Waals surface area (Å²) in [6.07, 6.45) is 0. The van der Waals surface area contributed by atoms with Crippen LogP contribution in [0.4, 0.5) is 0 Å². The molecule has 1 aromatic heterocycles. The highest BCUT2D eigenvalue weighted by atomic mass is 35.5. The van der Waals surface area contributed by atoms with Gasteiger partial charge in [-0.1, -0.05) is 43.6 Å². The topological polar surface area (TPSA) is 12.0 Å². The van der Waals surface area contributed by atoms with Crippen LogP contribution in [-0.2, 0) is 0 Å². The van der Waals surface area contributed by atoms with Gasteiger partial charge in [-0.2, -0.15) is 0 Å². The SMILES string of the molecule is CC(NC(c1ccc(Cl)cc1)C(C)C)c1cccs1. The maximum absolute atomic E-state index is 5.96. The summed E-state index contributed by atoms with van der Waals surface area (Å²) in [7, 11) is 0. The monoisotopic (exact) mass is 293 g/mol. The van der Waals surface area contributed by atoms with Crippen LogP contribution in [0.5, 0.6) is 0 Å². The number of nitrogens with one attached hydrogen (secondary N) is 1. The summed E-state index contributed by atoms with van der Waals surface area (Å²) in [6, 6.07) is 13.1. The zero-order chi connectivity index (χ0) is 13.8. The molecular weight excluding hydrogens is 274 g/mol. The van der Waals surface area contributed by atoms with Crippen LogP contribution in [0.3, 0.4) is 0 Å². The third-order valence-electron chi connectivity index (χ3n) is 3.30. The Morgan fingerprint density at radius 2 is 1.74 bits per heavy atom. The summed E-state index contributed by atoms with van der Waals surface area (Å²) >= 11 is 7.76. The van der Waals surface area contributed by atoms with E-state index in [9.17, 15) is 0 Å². The van der Waals surface area contributed by atoms with Crippen LogP contribution in [0.25, 0.3) is 0 Å². The first-order valence-corrected chi connectivity index (χ1v) is 7.88. The number of benzene rings is 1. The number of hydrogen-bond donors (Lipinski definition) is 1. The fourth-order valence-corrected chi connectivity index (χ4v) is 3.10. The van der Waals surface area contributed by atoms with E-state index in [1.54, 1.807) is 11.3 Å². The zero-order valence-corrected chi connectivity index (χ0v) is 13.1. The fourth-order valence-electron chi connectivity index (χ4n) is 2.23. The maximum Gasteiger partial charge on any atom is 0.0406 e. The van der Waals surface area contributed by atoms with Gasteiger partial charge in [-0.15, -0.1) is 11.3 Å². The highest BCUT2D eigenvalue weighted by Crippen LogP contribution is 2.28. The summed E-state index contributed by atoms with van der Waals surface area (Å²) in [6.45, 7) is 6.71. The van der Waals surface area contributed by atoms with Crippen molar-refractivity contribution in [3.63, 3.8) is 0 Å². The van der Waals surface area contributed by atoms with Gasteiger partial charge in [0.2, 0.25) is 0 Å². The summed E-state index contributed by atoms with van der Waals surface area (Å²) < 4.78 is 0. The molecule has 0 spiro atoms. The fraction of sp³-hybridized carbons (Fsp3) is 0.375. The molecule has 1 N–H and O–H groups in total. The molecule has 0 radical (unpaired) electrons. The largest absolute Gasteiger partial charge is 0.302 e. The summed E-state index contributed by atoms with van der Waals surface area (Å²) in [5, 5.41) is 6.64. The highest BCUT2D eigenvalue weighted by Gasteiger charge is 2.19. The van der Waals surface area contributed by atoms with Crippen LogP contribution in [0.1, 0.15) is 43.3 Å². The zero-order valence-electron chi connectivity index (χ0n) is 11.6. The Bertz CT molecular complexity index is 490. The molecule has 0 saturated carbocycles. The van der Waals surface area contributed by atoms with Crippen molar-refractivity contribution in [2.24, 2.45) is 5.92 Å². The lowest BCUT2D eigenvalue weighted by Crippen LogP contribution is -2.28. The van der Waals surface area contributed by atoms with Crippen molar-refractivity contribution in [1.82, 2.24) is 5.32 Å². The standard InChI is InChI=1S/C16H20ClNS/c1-11(2)16(13-6-8-14(17)9-7-13)18-12(3)15-5-4-10-19-15/h4-12,16,18H,1-3H3. The molecule has 0 fully saturated rings. The number of halogens is 1. The molecule has 2 atom stereocenters. The van der Waals surface area contributed by atoms with E-state index in [0.717, 1.165) is 5.02 Å². The third kappa shape index (κ3) is 3.82. The van der Waals surface area contributed by atoms with Gasteiger partial charge in [-0.25, -0.2) is 0 Å². The Labute approximate surface area is 124 Å². The number of rotatable bonds is 5. The van der Waals surface area contributed by atoms with Gasteiger partial charge in [-0.3, -0.25) is 0 Å². The Morgan fingerprint density at radius 1 is 1.05 bits per heavy atom. The average Bonchev–Trinajstić information content (AvgIpc) is 2.90. The lowest BCUT2D eigenvalue weighted by molar-refractivity contribution is 0.377. The predicted molar refractivity (Wildman–Crippen MR) is 84.9 cm³/mol. The Hall–Kier alpha value is -0.830. The van der Waals surface area contributed by atoms with Crippen LogP contribution < -0.4 is 5.32 Å². The van der Waals surface area contributed by atoms with Crippen molar-refractivity contribution >= 4 is 22.9 Å². The molecule has 1 nitrogen and oxygen atoms in total. The van der Waals surface area contributed by atoms with Crippen molar-refractivity contribution < 1.29 is 0 Å². The third-order valence-corrected chi connectivity index (χ3v) is 4.60. The van der Waals surface area contributed by atoms with E-state index in [2.05, 4.69) is 55.7 Å². The van der Waals surface area contributed by atoms with Gasteiger partial charge in [0.05, 0.1) is 0 Å². The normalized spacial score (nSPS) is 14.6. The Morgan fingerprint density at radius 3 is 2.26 bits per heavy atom. The van der Waals surface area contributed by atoms with Crippen LogP contribution in [0.15, 0.2) is 41.8 Å². The van der Waals surface area contributed by atoms with Crippen LogP contribution in [0, 0.1) is 5.92 Å². The van der Waals surface area contributed by atoms with Crippen LogP contribution >= 0.6 is 22.9 Å². The average molecular weight is 294 g/mol. The lowest BCUT2D eigenvalue weighted by atomic mass is 9.95. The van der Waals surface area contributed by atoms with Crippen molar-refractivity contribution in [3.05, 3.63) is 57.2 Å². The molecule has 1 heterocycles. The first-order chi connectivity index (χ1) is 9.08. The van der Waals surface area contributed by atoms with Crippen molar-refractivity contribution in [3.8, 4) is 0 Å². The lowest BCUT2D eigenvalue weighted by Gasteiger charge is -2.26. The Balaban J connectivity index is 2.14. The van der Waals surface area contributed by atoms with Gasteiger partial charge in [0.25, 0.3) is 0 Å². The van der Waals surface area contributed by atoms with Crippen molar-refractivity contribution in [2.75, 3.05) is 0 Å². The van der Waals surface area contributed by atoms with Gasteiger partial charge >= 0.3 is 0 Å². The summed E-state index contributed by atoms with van der Waals surface area (Å²) in [4.78, 5) is 1.37. The molecular formula is C16H20ClNS. The van der Waals surface area contributed by atoms with Gasteiger partial charge in [-0.05, 0) is 42.0 Å². The molecule has 102 valence electrons. The minimum atomic E-state index is 0.342. The molecule has 19 heavy (non-hydrogen) atoms. The molecule has 0 bridgehead atoms. The molecule has 2 unspecified atom stereocenters. The van der Waals surface area contributed by atoms with E-state index in [1.807, 2.05) is 12.1 Å². The highest BCUT2D eigenvalue weighted by molar-refractivity contribution is 7.10. The molecule has 0 aliphatic rings. The summed E-state index contributed by atoms with van der Waals surface area (Å²) in [5.41, 5.74) is 1.29. The first-order valence-electron chi connectivity index (χ1n) is 6.63. The van der Waals surface area contributed by atoms with Gasteiger partial charge < -0.3 is 5.32 Å². The predicted octanol–water partition coefficient (Wildman–Crippen LogP) is 5.45. The van der Waals surface area contributed by atoms with Crippen molar-refractivity contribution in [1.29, 1.82) is 0 Å². The summed E-state index contributed by atoms with van der Waals surface area (Å²) in [5.74, 6) is 0.531. The molecule has 0 amide bonds. The Kier molecular flexibility index (Phi) is 5.03. The first kappa shape index (κ1) is 14.6. The van der Waals surface area contributed by atoms with Gasteiger partial charge in [0, 0.05) is 22.0 Å². The maximum atomic E-state index is 5.96. The minimum Gasteiger partial charge on any atom is -0.302 e. The molecule has 0 saturated heterocycles. The van der Waals surface area contributed by atoms with Crippen LogP contribution in [0.2, 0.25) is 5.02 Å². The molecule has 2 rings (SSSR count). The quantitative estimate of drug-likeness (QED) is 0.773. The smallest absolute Gasteiger partial charge is 0.0406 e. The van der Waals surface area contributed by atoms with E-state index >= 15 is 0 Å². The molecule has 2 aromatic rings. The molecule has 3 heteroatoms. The second-order valence-corrected chi connectivity index (χ2v) is 6.59. The molecule has 0 aliphatic heterocycles. The van der Waals surface area contributed by atoms with Crippen molar-refractivity contribution in [2.45, 2.75) is 32.9 Å². The second-order valence-electron chi connectivity index (χ2n) is 5.18. The second kappa shape index (κ2) is 6.56. The van der Waals surface area contributed by atoms with Gasteiger partial charge in [0.15, 0.2) is 0 Å².